The molecule has 6 aromatic carbocycles. The minimum absolute atomic E-state index is 0.0155. The van der Waals surface area contributed by atoms with Gasteiger partial charge in [-0.15, -0.1) is 13.2 Å². The first kappa shape index (κ1) is 70.4. The van der Waals surface area contributed by atoms with E-state index in [2.05, 4.69) is 178 Å². The quantitative estimate of drug-likeness (QED) is 0.0493. The summed E-state index contributed by atoms with van der Waals surface area (Å²) in [5, 5.41) is 0. The summed E-state index contributed by atoms with van der Waals surface area (Å²) in [4.78, 5) is 44.4. The summed E-state index contributed by atoms with van der Waals surface area (Å²) in [6.45, 7) is 16.5. The number of aromatic nitrogens is 5. The molecule has 5 heterocycles. The van der Waals surface area contributed by atoms with E-state index in [0.717, 1.165) is 59.7 Å². The zero-order valence-corrected chi connectivity index (χ0v) is 54.5. The molecular formula is C84H86N10. The zero-order chi connectivity index (χ0) is 65.9. The first-order valence-electron chi connectivity index (χ1n) is 31.9. The van der Waals surface area contributed by atoms with E-state index in [1.165, 1.54) is 27.8 Å². The Balaban J connectivity index is 0.000000167. The van der Waals surface area contributed by atoms with Gasteiger partial charge in [0.25, 0.3) is 0 Å². The van der Waals surface area contributed by atoms with Gasteiger partial charge in [0.15, 0.2) is 0 Å². The van der Waals surface area contributed by atoms with Crippen molar-refractivity contribution in [1.29, 1.82) is 0 Å². The van der Waals surface area contributed by atoms with Gasteiger partial charge in [0.05, 0.1) is 58.7 Å². The third-order valence-electron chi connectivity index (χ3n) is 14.3. The molecule has 5 unspecified atom stereocenters. The minimum atomic E-state index is -0.0155. The van der Waals surface area contributed by atoms with Crippen LogP contribution in [0.15, 0.2) is 354 Å². The van der Waals surface area contributed by atoms with Crippen LogP contribution >= 0.6 is 0 Å². The van der Waals surface area contributed by atoms with Crippen molar-refractivity contribution >= 4 is 31.1 Å². The first-order chi connectivity index (χ1) is 46.2. The average molecular weight is 1240 g/mol. The van der Waals surface area contributed by atoms with Gasteiger partial charge in [-0.05, 0) is 125 Å². The molecule has 472 valence electrons. The molecule has 0 radical (unpaired) electrons. The normalized spacial score (nSPS) is 12.7. The maximum absolute atomic E-state index is 4.77. The SMILES string of the molecule is C(=NC(Cc1ccccc1)c1ccccc1)c1ccccn1.C=CC(N=Cc1ccccn1)c1ccccc1.C=CCC(N=Cc1ccccn1)c1ccccc1.CC(C)(C)CC(N=Cc1ccccn1)c1ccccc1.CCC(N=Cc1ccccn1)c1ccccc1. The van der Waals surface area contributed by atoms with E-state index in [1.54, 1.807) is 37.2 Å². The van der Waals surface area contributed by atoms with Gasteiger partial charge in [-0.25, -0.2) is 0 Å². The lowest BCUT2D eigenvalue weighted by atomic mass is 9.86. The monoisotopic (exact) mass is 1230 g/mol. The molecule has 0 saturated heterocycles. The Morgan fingerprint density at radius 1 is 0.330 bits per heavy atom. The second-order valence-corrected chi connectivity index (χ2v) is 22.8. The molecule has 0 aliphatic rings. The Bertz CT molecular complexity index is 3910. The molecule has 94 heavy (non-hydrogen) atoms. The van der Waals surface area contributed by atoms with Gasteiger partial charge in [-0.1, -0.05) is 252 Å². The molecule has 0 N–H and O–H groups in total. The lowest BCUT2D eigenvalue weighted by Crippen LogP contribution is -2.11. The van der Waals surface area contributed by atoms with Crippen LogP contribution in [0.1, 0.15) is 139 Å². The van der Waals surface area contributed by atoms with Crippen molar-refractivity contribution in [3.8, 4) is 0 Å². The van der Waals surface area contributed by atoms with Crippen molar-refractivity contribution in [1.82, 2.24) is 24.9 Å². The van der Waals surface area contributed by atoms with Crippen LogP contribution < -0.4 is 0 Å². The summed E-state index contributed by atoms with van der Waals surface area (Å²) in [5.74, 6) is 0. The summed E-state index contributed by atoms with van der Waals surface area (Å²) in [7, 11) is 0. The van der Waals surface area contributed by atoms with E-state index in [-0.39, 0.29) is 35.6 Å². The fourth-order valence-corrected chi connectivity index (χ4v) is 9.52. The Morgan fingerprint density at radius 2 is 0.617 bits per heavy atom. The highest BCUT2D eigenvalue weighted by atomic mass is 14.8. The van der Waals surface area contributed by atoms with Crippen molar-refractivity contribution in [2.75, 3.05) is 0 Å². The molecule has 11 aromatic rings. The van der Waals surface area contributed by atoms with Crippen LogP contribution in [-0.4, -0.2) is 56.0 Å². The summed E-state index contributed by atoms with van der Waals surface area (Å²) >= 11 is 0. The van der Waals surface area contributed by atoms with Gasteiger partial charge in [-0.3, -0.25) is 49.9 Å². The highest BCUT2D eigenvalue weighted by Gasteiger charge is 2.19. The Kier molecular flexibility index (Phi) is 30.9. The van der Waals surface area contributed by atoms with Crippen molar-refractivity contribution in [3.63, 3.8) is 0 Å². The second-order valence-electron chi connectivity index (χ2n) is 22.8. The van der Waals surface area contributed by atoms with Crippen molar-refractivity contribution in [2.24, 2.45) is 30.4 Å². The summed E-state index contributed by atoms with van der Waals surface area (Å²) < 4.78 is 0. The van der Waals surface area contributed by atoms with Gasteiger partial charge in [0.1, 0.15) is 0 Å². The molecule has 10 heteroatoms. The molecule has 0 amide bonds. The van der Waals surface area contributed by atoms with Crippen molar-refractivity contribution < 1.29 is 0 Å². The smallest absolute Gasteiger partial charge is 0.0928 e. The number of aliphatic imine (C=N–C) groups is 5. The van der Waals surface area contributed by atoms with Crippen molar-refractivity contribution in [2.45, 2.75) is 83.6 Å². The Morgan fingerprint density at radius 3 is 0.947 bits per heavy atom. The molecule has 5 aromatic heterocycles. The van der Waals surface area contributed by atoms with Crippen LogP contribution in [0.4, 0.5) is 0 Å². The lowest BCUT2D eigenvalue weighted by molar-refractivity contribution is 0.344. The number of hydrogen-bond acceptors (Lipinski definition) is 10. The molecule has 0 aliphatic carbocycles. The number of rotatable bonds is 22. The lowest BCUT2D eigenvalue weighted by Gasteiger charge is -2.23. The summed E-state index contributed by atoms with van der Waals surface area (Å²) in [5.41, 5.74) is 12.0. The molecule has 5 atom stereocenters. The molecule has 10 nitrogen and oxygen atoms in total. The van der Waals surface area contributed by atoms with E-state index in [4.69, 9.17) is 9.98 Å². The van der Waals surface area contributed by atoms with Crippen molar-refractivity contribution in [3.05, 3.63) is 391 Å². The fraction of sp³-hybridized carbons (Fsp3) is 0.167. The minimum Gasteiger partial charge on any atom is -0.283 e. The molecule has 0 saturated carbocycles. The largest absolute Gasteiger partial charge is 0.283 e. The van der Waals surface area contributed by atoms with Crippen LogP contribution in [0, 0.1) is 5.41 Å². The van der Waals surface area contributed by atoms with Crippen LogP contribution in [0.2, 0.25) is 0 Å². The van der Waals surface area contributed by atoms with Crippen LogP contribution in [0.5, 0.6) is 0 Å². The summed E-state index contributed by atoms with van der Waals surface area (Å²) in [6, 6.07) is 91.8. The number of benzene rings is 6. The maximum atomic E-state index is 4.77. The predicted octanol–water partition coefficient (Wildman–Crippen LogP) is 20.1. The van der Waals surface area contributed by atoms with E-state index in [9.17, 15) is 0 Å². The Hall–Kier alpha value is -11.1. The van der Waals surface area contributed by atoms with Gasteiger partial charge in [0, 0.05) is 62.1 Å². The van der Waals surface area contributed by atoms with E-state index < -0.39 is 0 Å². The molecule has 0 aliphatic heterocycles. The van der Waals surface area contributed by atoms with Gasteiger partial charge >= 0.3 is 0 Å². The molecule has 0 spiro atoms. The molecule has 0 bridgehead atoms. The van der Waals surface area contributed by atoms with Crippen LogP contribution in [0.25, 0.3) is 0 Å². The number of pyridine rings is 5. The molecule has 11 rings (SSSR count). The Labute approximate surface area is 558 Å². The average Bonchev–Trinajstić information content (AvgIpc) is 2.72. The van der Waals surface area contributed by atoms with Gasteiger partial charge in [-0.2, -0.15) is 0 Å². The fourth-order valence-electron chi connectivity index (χ4n) is 9.52. The van der Waals surface area contributed by atoms with E-state index in [1.807, 2.05) is 213 Å². The second kappa shape index (κ2) is 41.3. The third-order valence-corrected chi connectivity index (χ3v) is 14.3. The third kappa shape index (κ3) is 27.2. The number of nitrogens with zero attached hydrogens (tertiary/aromatic N) is 10. The topological polar surface area (TPSA) is 126 Å². The highest BCUT2D eigenvalue weighted by molar-refractivity contribution is 5.79. The standard InChI is InChI=1S/C20H18N2.C18H22N2.C16H16N2.C15H16N2.C15H14N2/c1-3-9-17(10-4-1)15-20(18-11-5-2-6-12-18)22-16-19-13-7-8-14-21-19;1-18(2,3)13-17(15-9-5-4-6-10-15)20-14-16-11-7-8-12-19-16;1-2-8-16(14-9-4-3-5-10-14)18-13-15-11-6-7-12-17-15;2*1-2-15(13-8-4-3-5-9-13)17-12-14-10-6-7-11-16-14/h1-14,16,20H,15H2;4-12,14,17H,13H2,1-3H3;2-7,9-13,16H,1,8H2;3-12,15H,2H2,1H3;2-12,15H,1H2. The van der Waals surface area contributed by atoms with Gasteiger partial charge < -0.3 is 0 Å². The van der Waals surface area contributed by atoms with Crippen LogP contribution in [0.3, 0.4) is 0 Å². The highest BCUT2D eigenvalue weighted by Crippen LogP contribution is 2.32. The van der Waals surface area contributed by atoms with E-state index >= 15 is 0 Å². The summed E-state index contributed by atoms with van der Waals surface area (Å²) in [6.07, 6.45) is 25.5. The first-order valence-corrected chi connectivity index (χ1v) is 31.9. The molecular weight excluding hydrogens is 1150 g/mol. The maximum Gasteiger partial charge on any atom is 0.0928 e. The van der Waals surface area contributed by atoms with E-state index in [0.29, 0.717) is 0 Å². The van der Waals surface area contributed by atoms with Gasteiger partial charge in [0.2, 0.25) is 0 Å². The number of hydrogen-bond donors (Lipinski definition) is 0. The molecule has 0 fully saturated rings. The predicted molar refractivity (Wildman–Crippen MR) is 395 cm³/mol. The zero-order valence-electron chi connectivity index (χ0n) is 54.5. The van der Waals surface area contributed by atoms with Crippen LogP contribution in [-0.2, 0) is 6.42 Å².